The van der Waals surface area contributed by atoms with Gasteiger partial charge in [0, 0.05) is 13.1 Å². The predicted octanol–water partition coefficient (Wildman–Crippen LogP) is 2.82. The highest BCUT2D eigenvalue weighted by atomic mass is 35.5. The SMILES string of the molecule is CN(C(=O)c1c(Cl)cccc1Cl)C1CCNCC1. The lowest BCUT2D eigenvalue weighted by molar-refractivity contribution is 0.0703. The zero-order chi connectivity index (χ0) is 13.1. The van der Waals surface area contributed by atoms with Crippen LogP contribution in [0, 0.1) is 0 Å². The highest BCUT2D eigenvalue weighted by molar-refractivity contribution is 6.39. The molecule has 1 aromatic carbocycles. The van der Waals surface area contributed by atoms with Crippen LogP contribution in [0.5, 0.6) is 0 Å². The van der Waals surface area contributed by atoms with E-state index < -0.39 is 0 Å². The van der Waals surface area contributed by atoms with Crippen molar-refractivity contribution in [2.45, 2.75) is 18.9 Å². The van der Waals surface area contributed by atoms with Crippen molar-refractivity contribution in [2.24, 2.45) is 0 Å². The molecule has 1 saturated heterocycles. The summed E-state index contributed by atoms with van der Waals surface area (Å²) >= 11 is 12.1. The molecule has 0 saturated carbocycles. The van der Waals surface area contributed by atoms with Crippen molar-refractivity contribution in [3.05, 3.63) is 33.8 Å². The highest BCUT2D eigenvalue weighted by Crippen LogP contribution is 2.26. The van der Waals surface area contributed by atoms with Crippen LogP contribution in [0.1, 0.15) is 23.2 Å². The number of amides is 1. The number of nitrogens with one attached hydrogen (secondary N) is 1. The molecule has 1 aliphatic heterocycles. The molecule has 0 radical (unpaired) electrons. The molecule has 0 bridgehead atoms. The Morgan fingerprint density at radius 3 is 2.39 bits per heavy atom. The first-order chi connectivity index (χ1) is 8.61. The third-order valence-electron chi connectivity index (χ3n) is 3.35. The lowest BCUT2D eigenvalue weighted by atomic mass is 10.0. The van der Waals surface area contributed by atoms with Crippen molar-refractivity contribution in [1.82, 2.24) is 10.2 Å². The van der Waals surface area contributed by atoms with Gasteiger partial charge in [-0.05, 0) is 38.1 Å². The molecule has 1 N–H and O–H groups in total. The van der Waals surface area contributed by atoms with Crippen LogP contribution in [-0.4, -0.2) is 37.0 Å². The number of halogens is 2. The van der Waals surface area contributed by atoms with Gasteiger partial charge in [-0.15, -0.1) is 0 Å². The lowest BCUT2D eigenvalue weighted by Crippen LogP contribution is -2.44. The van der Waals surface area contributed by atoms with E-state index in [-0.39, 0.29) is 11.9 Å². The molecule has 1 aromatic rings. The number of benzene rings is 1. The first-order valence-corrected chi connectivity index (χ1v) is 6.78. The molecule has 1 heterocycles. The second kappa shape index (κ2) is 5.91. The van der Waals surface area contributed by atoms with Crippen molar-refractivity contribution in [1.29, 1.82) is 0 Å². The van der Waals surface area contributed by atoms with Gasteiger partial charge in [-0.25, -0.2) is 0 Å². The average Bonchev–Trinajstić information content (AvgIpc) is 2.38. The average molecular weight is 287 g/mol. The minimum atomic E-state index is -0.0995. The zero-order valence-electron chi connectivity index (χ0n) is 10.2. The van der Waals surface area contributed by atoms with Gasteiger partial charge in [-0.1, -0.05) is 29.3 Å². The Morgan fingerprint density at radius 2 is 1.83 bits per heavy atom. The number of piperidine rings is 1. The van der Waals surface area contributed by atoms with Crippen LogP contribution in [-0.2, 0) is 0 Å². The van der Waals surface area contributed by atoms with Crippen molar-refractivity contribution in [2.75, 3.05) is 20.1 Å². The number of carbonyl (C=O) groups excluding carboxylic acids is 1. The van der Waals surface area contributed by atoms with Gasteiger partial charge in [0.05, 0.1) is 15.6 Å². The van der Waals surface area contributed by atoms with Gasteiger partial charge in [0.15, 0.2) is 0 Å². The third-order valence-corrected chi connectivity index (χ3v) is 3.98. The van der Waals surface area contributed by atoms with Gasteiger partial charge in [0.25, 0.3) is 5.91 Å². The Labute approximate surface area is 117 Å². The fraction of sp³-hybridized carbons (Fsp3) is 0.462. The van der Waals surface area contributed by atoms with Crippen molar-refractivity contribution < 1.29 is 4.79 Å². The first-order valence-electron chi connectivity index (χ1n) is 6.03. The summed E-state index contributed by atoms with van der Waals surface area (Å²) < 4.78 is 0. The van der Waals surface area contributed by atoms with E-state index in [0.717, 1.165) is 25.9 Å². The number of hydrogen-bond acceptors (Lipinski definition) is 2. The maximum Gasteiger partial charge on any atom is 0.256 e. The summed E-state index contributed by atoms with van der Waals surface area (Å²) in [4.78, 5) is 14.2. The molecule has 2 rings (SSSR count). The summed E-state index contributed by atoms with van der Waals surface area (Å²) in [7, 11) is 1.82. The monoisotopic (exact) mass is 286 g/mol. The van der Waals surface area contributed by atoms with Crippen LogP contribution in [0.2, 0.25) is 10.0 Å². The Bertz CT molecular complexity index is 424. The van der Waals surface area contributed by atoms with Crippen LogP contribution >= 0.6 is 23.2 Å². The highest BCUT2D eigenvalue weighted by Gasteiger charge is 2.25. The predicted molar refractivity (Wildman–Crippen MR) is 74.4 cm³/mol. The van der Waals surface area contributed by atoms with E-state index >= 15 is 0 Å². The van der Waals surface area contributed by atoms with Gasteiger partial charge in [-0.2, -0.15) is 0 Å². The molecule has 1 amide bonds. The van der Waals surface area contributed by atoms with Crippen LogP contribution in [0.4, 0.5) is 0 Å². The molecule has 1 aliphatic rings. The quantitative estimate of drug-likeness (QED) is 0.907. The molecular weight excluding hydrogens is 271 g/mol. The van der Waals surface area contributed by atoms with E-state index in [1.807, 2.05) is 7.05 Å². The molecule has 3 nitrogen and oxygen atoms in total. The van der Waals surface area contributed by atoms with E-state index in [9.17, 15) is 4.79 Å². The summed E-state index contributed by atoms with van der Waals surface area (Å²) in [5, 5.41) is 4.10. The molecule has 98 valence electrons. The van der Waals surface area contributed by atoms with E-state index in [4.69, 9.17) is 23.2 Å². The summed E-state index contributed by atoms with van der Waals surface area (Å²) in [6.07, 6.45) is 1.93. The molecular formula is C13H16Cl2N2O. The second-order valence-electron chi connectivity index (χ2n) is 4.49. The summed E-state index contributed by atoms with van der Waals surface area (Å²) in [5.41, 5.74) is 0.405. The Balaban J connectivity index is 2.19. The van der Waals surface area contributed by atoms with E-state index in [1.165, 1.54) is 0 Å². The maximum absolute atomic E-state index is 12.4. The van der Waals surface area contributed by atoms with Crippen molar-refractivity contribution >= 4 is 29.1 Å². The molecule has 5 heteroatoms. The molecule has 0 spiro atoms. The lowest BCUT2D eigenvalue weighted by Gasteiger charge is -2.32. The maximum atomic E-state index is 12.4. The van der Waals surface area contributed by atoms with E-state index in [2.05, 4.69) is 5.32 Å². The Hall–Kier alpha value is -0.770. The normalized spacial score (nSPS) is 16.6. The zero-order valence-corrected chi connectivity index (χ0v) is 11.8. The molecule has 0 unspecified atom stereocenters. The van der Waals surface area contributed by atoms with Gasteiger partial charge >= 0.3 is 0 Å². The van der Waals surface area contributed by atoms with Crippen LogP contribution in [0.3, 0.4) is 0 Å². The van der Waals surface area contributed by atoms with E-state index in [0.29, 0.717) is 15.6 Å². The molecule has 0 atom stereocenters. The fourth-order valence-electron chi connectivity index (χ4n) is 2.24. The number of rotatable bonds is 2. The van der Waals surface area contributed by atoms with Crippen molar-refractivity contribution in [3.63, 3.8) is 0 Å². The Morgan fingerprint density at radius 1 is 1.28 bits per heavy atom. The molecule has 1 fully saturated rings. The van der Waals surface area contributed by atoms with Crippen LogP contribution in [0.25, 0.3) is 0 Å². The smallest absolute Gasteiger partial charge is 0.256 e. The number of hydrogen-bond donors (Lipinski definition) is 1. The minimum absolute atomic E-state index is 0.0995. The van der Waals surface area contributed by atoms with Gasteiger partial charge in [0.1, 0.15) is 0 Å². The molecule has 0 aromatic heterocycles. The van der Waals surface area contributed by atoms with Crippen LogP contribution < -0.4 is 5.32 Å². The summed E-state index contributed by atoms with van der Waals surface area (Å²) in [6, 6.07) is 5.38. The van der Waals surface area contributed by atoms with Crippen molar-refractivity contribution in [3.8, 4) is 0 Å². The van der Waals surface area contributed by atoms with Crippen LogP contribution in [0.15, 0.2) is 18.2 Å². The topological polar surface area (TPSA) is 32.3 Å². The standard InChI is InChI=1S/C13H16Cl2N2O/c1-17(9-5-7-16-8-6-9)13(18)12-10(14)3-2-4-11(12)15/h2-4,9,16H,5-8H2,1H3. The third kappa shape index (κ3) is 2.79. The first kappa shape index (κ1) is 13.7. The van der Waals surface area contributed by atoms with E-state index in [1.54, 1.807) is 23.1 Å². The summed E-state index contributed by atoms with van der Waals surface area (Å²) in [5.74, 6) is -0.0995. The van der Waals surface area contributed by atoms with Gasteiger partial charge in [0.2, 0.25) is 0 Å². The molecule has 18 heavy (non-hydrogen) atoms. The van der Waals surface area contributed by atoms with Gasteiger partial charge < -0.3 is 10.2 Å². The second-order valence-corrected chi connectivity index (χ2v) is 5.31. The summed E-state index contributed by atoms with van der Waals surface area (Å²) in [6.45, 7) is 1.89. The molecule has 0 aliphatic carbocycles. The minimum Gasteiger partial charge on any atom is -0.339 e. The van der Waals surface area contributed by atoms with Gasteiger partial charge in [-0.3, -0.25) is 4.79 Å². The number of carbonyl (C=O) groups is 1. The largest absolute Gasteiger partial charge is 0.339 e. The number of nitrogens with zero attached hydrogens (tertiary/aromatic N) is 1. The fourth-order valence-corrected chi connectivity index (χ4v) is 2.80. The Kier molecular flexibility index (Phi) is 4.49.